The van der Waals surface area contributed by atoms with Gasteiger partial charge in [-0.1, -0.05) is 48.5 Å². The van der Waals surface area contributed by atoms with Crippen molar-refractivity contribution in [2.24, 2.45) is 7.05 Å². The predicted molar refractivity (Wildman–Crippen MR) is 121 cm³/mol. The van der Waals surface area contributed by atoms with Gasteiger partial charge in [-0.3, -0.25) is 14.3 Å². The largest absolute Gasteiger partial charge is 0.361 e. The van der Waals surface area contributed by atoms with Crippen molar-refractivity contribution in [3.8, 4) is 0 Å². The monoisotopic (exact) mass is 415 g/mol. The second kappa shape index (κ2) is 9.30. The van der Waals surface area contributed by atoms with E-state index in [0.29, 0.717) is 31.6 Å². The number of hydrogen-bond acceptors (Lipinski definition) is 3. The number of carbonyl (C=O) groups is 2. The number of aromatic amines is 1. The summed E-state index contributed by atoms with van der Waals surface area (Å²) in [4.78, 5) is 28.0. The highest BCUT2D eigenvalue weighted by molar-refractivity contribution is 5.95. The van der Waals surface area contributed by atoms with E-state index in [-0.39, 0.29) is 17.5 Å². The lowest BCUT2D eigenvalue weighted by Gasteiger charge is -2.05. The van der Waals surface area contributed by atoms with Crippen LogP contribution in [0.15, 0.2) is 66.9 Å². The maximum absolute atomic E-state index is 12.5. The molecule has 0 aliphatic rings. The molecular formula is C24H25N5O2. The molecule has 2 amide bonds. The molecule has 0 saturated heterocycles. The number of anilines is 1. The zero-order valence-electron chi connectivity index (χ0n) is 17.4. The van der Waals surface area contributed by atoms with Gasteiger partial charge in [-0.25, -0.2) is 0 Å². The molecule has 4 aromatic rings. The Balaban J connectivity index is 1.29. The molecule has 0 aliphatic heterocycles. The summed E-state index contributed by atoms with van der Waals surface area (Å²) < 4.78 is 1.51. The average molecular weight is 415 g/mol. The SMILES string of the molecule is Cn1nc(C(=O)NCCc2c[nH]c3ccccc23)cc1NC(=O)CCc1ccccc1. The van der Waals surface area contributed by atoms with Gasteiger partial charge >= 0.3 is 0 Å². The molecule has 7 heteroatoms. The lowest BCUT2D eigenvalue weighted by atomic mass is 10.1. The molecule has 2 aromatic heterocycles. The third-order valence-electron chi connectivity index (χ3n) is 5.22. The maximum atomic E-state index is 12.5. The second-order valence-corrected chi connectivity index (χ2v) is 7.44. The number of aryl methyl sites for hydroxylation is 2. The van der Waals surface area contributed by atoms with Crippen molar-refractivity contribution in [3.05, 3.63) is 83.7 Å². The van der Waals surface area contributed by atoms with E-state index in [1.165, 1.54) is 4.68 Å². The van der Waals surface area contributed by atoms with E-state index < -0.39 is 0 Å². The minimum Gasteiger partial charge on any atom is -0.361 e. The van der Waals surface area contributed by atoms with Crippen LogP contribution in [0.25, 0.3) is 10.9 Å². The van der Waals surface area contributed by atoms with Gasteiger partial charge in [0.05, 0.1) is 0 Å². The Labute approximate surface area is 180 Å². The van der Waals surface area contributed by atoms with Gasteiger partial charge in [-0.2, -0.15) is 5.10 Å². The first kappa shape index (κ1) is 20.4. The van der Waals surface area contributed by atoms with Crippen LogP contribution in [0, 0.1) is 0 Å². The number of rotatable bonds is 8. The molecule has 7 nitrogen and oxygen atoms in total. The Bertz CT molecular complexity index is 1190. The van der Waals surface area contributed by atoms with E-state index >= 15 is 0 Å². The summed E-state index contributed by atoms with van der Waals surface area (Å²) in [5.74, 6) is 0.123. The molecule has 0 fully saturated rings. The Kier molecular flexibility index (Phi) is 6.12. The van der Waals surface area contributed by atoms with Gasteiger partial charge in [-0.05, 0) is 30.0 Å². The van der Waals surface area contributed by atoms with Crippen molar-refractivity contribution in [1.82, 2.24) is 20.1 Å². The summed E-state index contributed by atoms with van der Waals surface area (Å²) in [5.41, 5.74) is 3.63. The summed E-state index contributed by atoms with van der Waals surface area (Å²) in [5, 5.41) is 11.1. The number of aromatic nitrogens is 3. The van der Waals surface area contributed by atoms with E-state index in [2.05, 4.69) is 26.8 Å². The second-order valence-electron chi connectivity index (χ2n) is 7.44. The fourth-order valence-corrected chi connectivity index (χ4v) is 3.54. The average Bonchev–Trinajstić information content (AvgIpc) is 3.37. The normalized spacial score (nSPS) is 10.9. The molecule has 158 valence electrons. The van der Waals surface area contributed by atoms with Crippen LogP contribution in [0.1, 0.15) is 28.0 Å². The van der Waals surface area contributed by atoms with E-state index in [1.54, 1.807) is 13.1 Å². The highest BCUT2D eigenvalue weighted by Crippen LogP contribution is 2.18. The highest BCUT2D eigenvalue weighted by Gasteiger charge is 2.14. The molecule has 3 N–H and O–H groups in total. The number of carbonyl (C=O) groups excluding carboxylic acids is 2. The zero-order chi connectivity index (χ0) is 21.6. The summed E-state index contributed by atoms with van der Waals surface area (Å²) in [6, 6.07) is 19.5. The van der Waals surface area contributed by atoms with Crippen LogP contribution in [0.3, 0.4) is 0 Å². The molecular weight excluding hydrogens is 390 g/mol. The molecule has 0 radical (unpaired) electrons. The van der Waals surface area contributed by atoms with Crippen molar-refractivity contribution < 1.29 is 9.59 Å². The van der Waals surface area contributed by atoms with Crippen LogP contribution >= 0.6 is 0 Å². The minimum absolute atomic E-state index is 0.113. The first-order valence-electron chi connectivity index (χ1n) is 10.3. The molecule has 0 spiro atoms. The van der Waals surface area contributed by atoms with Gasteiger partial charge < -0.3 is 15.6 Å². The van der Waals surface area contributed by atoms with Crippen LogP contribution in [-0.4, -0.2) is 33.1 Å². The molecule has 0 bridgehead atoms. The summed E-state index contributed by atoms with van der Waals surface area (Å²) >= 11 is 0. The third-order valence-corrected chi connectivity index (χ3v) is 5.22. The van der Waals surface area contributed by atoms with E-state index in [0.717, 1.165) is 22.0 Å². The molecule has 0 saturated carbocycles. The number of para-hydroxylation sites is 1. The van der Waals surface area contributed by atoms with Crippen LogP contribution < -0.4 is 10.6 Å². The number of nitrogens with zero attached hydrogens (tertiary/aromatic N) is 2. The predicted octanol–water partition coefficient (Wildman–Crippen LogP) is 3.45. The maximum Gasteiger partial charge on any atom is 0.271 e. The molecule has 2 heterocycles. The lowest BCUT2D eigenvalue weighted by molar-refractivity contribution is -0.116. The van der Waals surface area contributed by atoms with Gasteiger partial charge in [0, 0.05) is 43.2 Å². The highest BCUT2D eigenvalue weighted by atomic mass is 16.2. The van der Waals surface area contributed by atoms with E-state index in [1.807, 2.05) is 54.7 Å². The molecule has 0 atom stereocenters. The summed E-state index contributed by atoms with van der Waals surface area (Å²) in [7, 11) is 1.70. The van der Waals surface area contributed by atoms with Gasteiger partial charge in [0.2, 0.25) is 5.91 Å². The van der Waals surface area contributed by atoms with Gasteiger partial charge in [0.1, 0.15) is 5.82 Å². The third kappa shape index (κ3) is 5.01. The summed E-state index contributed by atoms with van der Waals surface area (Å²) in [6.07, 6.45) is 3.71. The molecule has 2 aromatic carbocycles. The van der Waals surface area contributed by atoms with E-state index in [9.17, 15) is 9.59 Å². The minimum atomic E-state index is -0.264. The van der Waals surface area contributed by atoms with Crippen molar-refractivity contribution in [3.63, 3.8) is 0 Å². The van der Waals surface area contributed by atoms with Crippen LogP contribution in [0.5, 0.6) is 0 Å². The smallest absolute Gasteiger partial charge is 0.271 e. The Morgan fingerprint density at radius 3 is 2.65 bits per heavy atom. The molecule has 4 rings (SSSR count). The first-order valence-corrected chi connectivity index (χ1v) is 10.3. The first-order chi connectivity index (χ1) is 15.1. The van der Waals surface area contributed by atoms with Crippen molar-refractivity contribution in [2.45, 2.75) is 19.3 Å². The van der Waals surface area contributed by atoms with Gasteiger partial charge in [-0.15, -0.1) is 0 Å². The quantitative estimate of drug-likeness (QED) is 0.412. The van der Waals surface area contributed by atoms with E-state index in [4.69, 9.17) is 0 Å². The van der Waals surface area contributed by atoms with Crippen LogP contribution in [-0.2, 0) is 24.7 Å². The molecule has 0 unspecified atom stereocenters. The Hall–Kier alpha value is -3.87. The fraction of sp³-hybridized carbons (Fsp3) is 0.208. The molecule has 31 heavy (non-hydrogen) atoms. The van der Waals surface area contributed by atoms with Crippen molar-refractivity contribution >= 4 is 28.5 Å². The van der Waals surface area contributed by atoms with Crippen molar-refractivity contribution in [1.29, 1.82) is 0 Å². The van der Waals surface area contributed by atoms with Crippen LogP contribution in [0.4, 0.5) is 5.82 Å². The van der Waals surface area contributed by atoms with Gasteiger partial charge in [0.25, 0.3) is 5.91 Å². The number of nitrogens with one attached hydrogen (secondary N) is 3. The number of hydrogen-bond donors (Lipinski definition) is 3. The zero-order valence-corrected chi connectivity index (χ0v) is 17.4. The Morgan fingerprint density at radius 2 is 1.81 bits per heavy atom. The van der Waals surface area contributed by atoms with Crippen molar-refractivity contribution in [2.75, 3.05) is 11.9 Å². The van der Waals surface area contributed by atoms with Crippen LogP contribution in [0.2, 0.25) is 0 Å². The standard InChI is InChI=1S/C24H25N5O2/c1-29-22(27-23(30)12-11-17-7-3-2-4-8-17)15-21(28-29)24(31)25-14-13-18-16-26-20-10-6-5-9-19(18)20/h2-10,15-16,26H,11-14H2,1H3,(H,25,31)(H,27,30). The fourth-order valence-electron chi connectivity index (χ4n) is 3.54. The number of amides is 2. The number of H-pyrrole nitrogens is 1. The topological polar surface area (TPSA) is 91.8 Å². The number of fused-ring (bicyclic) bond motifs is 1. The van der Waals surface area contributed by atoms with Gasteiger partial charge in [0.15, 0.2) is 5.69 Å². The lowest BCUT2D eigenvalue weighted by Crippen LogP contribution is -2.26. The molecule has 0 aliphatic carbocycles. The number of benzene rings is 2. The summed E-state index contributed by atoms with van der Waals surface area (Å²) in [6.45, 7) is 0.496. The Morgan fingerprint density at radius 1 is 1.03 bits per heavy atom.